The van der Waals surface area contributed by atoms with E-state index in [9.17, 15) is 9.90 Å². The van der Waals surface area contributed by atoms with E-state index in [1.165, 1.54) is 19.3 Å². The summed E-state index contributed by atoms with van der Waals surface area (Å²) >= 11 is 0. The molecule has 4 nitrogen and oxygen atoms in total. The molecule has 0 bridgehead atoms. The number of hydrogen-bond acceptors (Lipinski definition) is 3. The number of rotatable bonds is 7. The van der Waals surface area contributed by atoms with Gasteiger partial charge in [-0.1, -0.05) is 31.9 Å². The normalized spacial score (nSPS) is 18.0. The Balaban J connectivity index is 2.02. The van der Waals surface area contributed by atoms with Gasteiger partial charge in [0, 0.05) is 5.56 Å². The lowest BCUT2D eigenvalue weighted by Gasteiger charge is -2.39. The van der Waals surface area contributed by atoms with Crippen molar-refractivity contribution in [2.24, 2.45) is 5.92 Å². The van der Waals surface area contributed by atoms with E-state index in [1.807, 2.05) is 6.92 Å². The lowest BCUT2D eigenvalue weighted by molar-refractivity contribution is 0.0680. The van der Waals surface area contributed by atoms with Crippen LogP contribution in [0.2, 0.25) is 0 Å². The molecule has 1 aliphatic carbocycles. The highest BCUT2D eigenvalue weighted by Crippen LogP contribution is 2.32. The van der Waals surface area contributed by atoms with E-state index in [1.54, 1.807) is 30.3 Å². The minimum atomic E-state index is -0.560. The summed E-state index contributed by atoms with van der Waals surface area (Å²) in [7, 11) is 0. The molecule has 1 atom stereocenters. The second kappa shape index (κ2) is 8.16. The van der Waals surface area contributed by atoms with Crippen LogP contribution in [-0.2, 0) is 0 Å². The van der Waals surface area contributed by atoms with Crippen molar-refractivity contribution in [1.82, 2.24) is 5.32 Å². The Morgan fingerprint density at radius 3 is 2.57 bits per heavy atom. The lowest BCUT2D eigenvalue weighted by Crippen LogP contribution is -2.54. The molecule has 0 saturated heterocycles. The van der Waals surface area contributed by atoms with E-state index < -0.39 is 5.54 Å². The topological polar surface area (TPSA) is 58.6 Å². The SMILES string of the molecule is C=CCOc1ccc(C(=O)NC(C)(CO)C2CCCCC2)cc1. The molecule has 1 aromatic carbocycles. The monoisotopic (exact) mass is 317 g/mol. The number of hydrogen-bond donors (Lipinski definition) is 2. The van der Waals surface area contributed by atoms with Gasteiger partial charge in [-0.05, 0) is 49.9 Å². The van der Waals surface area contributed by atoms with Gasteiger partial charge in [-0.15, -0.1) is 0 Å². The summed E-state index contributed by atoms with van der Waals surface area (Å²) < 4.78 is 5.42. The molecule has 2 N–H and O–H groups in total. The minimum absolute atomic E-state index is 0.0378. The van der Waals surface area contributed by atoms with Crippen LogP contribution in [0.1, 0.15) is 49.4 Å². The van der Waals surface area contributed by atoms with E-state index in [0.717, 1.165) is 12.8 Å². The Morgan fingerprint density at radius 2 is 2.00 bits per heavy atom. The molecule has 1 fully saturated rings. The average Bonchev–Trinajstić information content (AvgIpc) is 2.61. The summed E-state index contributed by atoms with van der Waals surface area (Å²) in [6.45, 7) is 5.95. The highest BCUT2D eigenvalue weighted by molar-refractivity contribution is 5.94. The largest absolute Gasteiger partial charge is 0.490 e. The third-order valence-electron chi connectivity index (χ3n) is 4.72. The second-order valence-corrected chi connectivity index (χ2v) is 6.49. The number of aliphatic hydroxyl groups excluding tert-OH is 1. The van der Waals surface area contributed by atoms with Crippen molar-refractivity contribution < 1.29 is 14.6 Å². The Labute approximate surface area is 138 Å². The fraction of sp³-hybridized carbons (Fsp3) is 0.526. The van der Waals surface area contributed by atoms with Gasteiger partial charge in [-0.2, -0.15) is 0 Å². The van der Waals surface area contributed by atoms with Crippen molar-refractivity contribution in [3.8, 4) is 5.75 Å². The Morgan fingerprint density at radius 1 is 1.35 bits per heavy atom. The van der Waals surface area contributed by atoms with Crippen molar-refractivity contribution in [3.63, 3.8) is 0 Å². The van der Waals surface area contributed by atoms with Crippen LogP contribution in [0.3, 0.4) is 0 Å². The zero-order valence-electron chi connectivity index (χ0n) is 13.9. The number of carbonyl (C=O) groups is 1. The molecule has 2 rings (SSSR count). The Kier molecular flexibility index (Phi) is 6.22. The van der Waals surface area contributed by atoms with Gasteiger partial charge in [0.2, 0.25) is 0 Å². The first-order valence-corrected chi connectivity index (χ1v) is 8.36. The molecule has 0 heterocycles. The van der Waals surface area contributed by atoms with Gasteiger partial charge in [-0.25, -0.2) is 0 Å². The van der Waals surface area contributed by atoms with Gasteiger partial charge in [0.1, 0.15) is 12.4 Å². The lowest BCUT2D eigenvalue weighted by atomic mass is 9.76. The summed E-state index contributed by atoms with van der Waals surface area (Å²) in [6.07, 6.45) is 7.39. The standard InChI is InChI=1S/C19H27NO3/c1-3-13-23-17-11-9-15(10-12-17)18(22)20-19(2,14-21)16-7-5-4-6-8-16/h3,9-12,16,21H,1,4-8,13-14H2,2H3,(H,20,22). The van der Waals surface area contributed by atoms with Crippen molar-refractivity contribution in [3.05, 3.63) is 42.5 Å². The molecule has 126 valence electrons. The number of carbonyl (C=O) groups excluding carboxylic acids is 1. The fourth-order valence-electron chi connectivity index (χ4n) is 3.20. The highest BCUT2D eigenvalue weighted by Gasteiger charge is 2.35. The average molecular weight is 317 g/mol. The van der Waals surface area contributed by atoms with Crippen molar-refractivity contribution in [1.29, 1.82) is 0 Å². The van der Waals surface area contributed by atoms with Crippen LogP contribution < -0.4 is 10.1 Å². The van der Waals surface area contributed by atoms with Crippen LogP contribution in [0.15, 0.2) is 36.9 Å². The van der Waals surface area contributed by atoms with Crippen molar-refractivity contribution in [2.75, 3.05) is 13.2 Å². The molecule has 23 heavy (non-hydrogen) atoms. The van der Waals surface area contributed by atoms with Crippen LogP contribution >= 0.6 is 0 Å². The fourth-order valence-corrected chi connectivity index (χ4v) is 3.20. The molecular weight excluding hydrogens is 290 g/mol. The van der Waals surface area contributed by atoms with Crippen LogP contribution in [0.25, 0.3) is 0 Å². The minimum Gasteiger partial charge on any atom is -0.490 e. The summed E-state index contributed by atoms with van der Waals surface area (Å²) in [6, 6.07) is 7.03. The molecule has 1 aliphatic rings. The first-order valence-electron chi connectivity index (χ1n) is 8.36. The van der Waals surface area contributed by atoms with Crippen molar-refractivity contribution in [2.45, 2.75) is 44.6 Å². The summed E-state index contributed by atoms with van der Waals surface area (Å²) in [4.78, 5) is 12.5. The van der Waals surface area contributed by atoms with Crippen LogP contribution in [0.5, 0.6) is 5.75 Å². The summed E-state index contributed by atoms with van der Waals surface area (Å²) in [5.74, 6) is 0.890. The van der Waals surface area contributed by atoms with Crippen LogP contribution in [-0.4, -0.2) is 29.8 Å². The number of amides is 1. The maximum Gasteiger partial charge on any atom is 0.251 e. The molecule has 1 saturated carbocycles. The van der Waals surface area contributed by atoms with Gasteiger partial charge in [0.05, 0.1) is 12.1 Å². The van der Waals surface area contributed by atoms with Gasteiger partial charge in [0.15, 0.2) is 0 Å². The molecular formula is C19H27NO3. The van der Waals surface area contributed by atoms with Crippen LogP contribution in [0.4, 0.5) is 0 Å². The summed E-state index contributed by atoms with van der Waals surface area (Å²) in [5, 5.41) is 12.9. The number of ether oxygens (including phenoxy) is 1. The van der Waals surface area contributed by atoms with Gasteiger partial charge in [0.25, 0.3) is 5.91 Å². The predicted molar refractivity (Wildman–Crippen MR) is 91.7 cm³/mol. The molecule has 4 heteroatoms. The molecule has 0 radical (unpaired) electrons. The number of benzene rings is 1. The van der Waals surface area contributed by atoms with E-state index in [-0.39, 0.29) is 12.5 Å². The molecule has 0 aliphatic heterocycles. The Bertz CT molecular complexity index is 520. The smallest absolute Gasteiger partial charge is 0.251 e. The van der Waals surface area contributed by atoms with E-state index >= 15 is 0 Å². The summed E-state index contributed by atoms with van der Waals surface area (Å²) in [5.41, 5.74) is 0.0154. The maximum absolute atomic E-state index is 12.5. The molecule has 0 aromatic heterocycles. The second-order valence-electron chi connectivity index (χ2n) is 6.49. The van der Waals surface area contributed by atoms with Gasteiger partial charge >= 0.3 is 0 Å². The number of aliphatic hydroxyl groups is 1. The van der Waals surface area contributed by atoms with E-state index in [4.69, 9.17) is 4.74 Å². The molecule has 0 spiro atoms. The highest BCUT2D eigenvalue weighted by atomic mass is 16.5. The van der Waals surface area contributed by atoms with Gasteiger partial charge < -0.3 is 15.2 Å². The third-order valence-corrected chi connectivity index (χ3v) is 4.72. The molecule has 1 aromatic rings. The Hall–Kier alpha value is -1.81. The van der Waals surface area contributed by atoms with E-state index in [0.29, 0.717) is 23.8 Å². The third kappa shape index (κ3) is 4.58. The maximum atomic E-state index is 12.5. The van der Waals surface area contributed by atoms with E-state index in [2.05, 4.69) is 11.9 Å². The zero-order chi connectivity index (χ0) is 16.7. The first-order chi connectivity index (χ1) is 11.1. The predicted octanol–water partition coefficient (Wildman–Crippen LogP) is 3.31. The van der Waals surface area contributed by atoms with Gasteiger partial charge in [-0.3, -0.25) is 4.79 Å². The zero-order valence-corrected chi connectivity index (χ0v) is 13.9. The van der Waals surface area contributed by atoms with Crippen LogP contribution in [0, 0.1) is 5.92 Å². The molecule has 1 unspecified atom stereocenters. The van der Waals surface area contributed by atoms with Crippen molar-refractivity contribution >= 4 is 5.91 Å². The first kappa shape index (κ1) is 17.5. The quantitative estimate of drug-likeness (QED) is 0.759. The number of nitrogens with one attached hydrogen (secondary N) is 1. The molecule has 1 amide bonds.